The van der Waals surface area contributed by atoms with Crippen molar-refractivity contribution in [3.8, 4) is 0 Å². The molecule has 2 N–H and O–H groups in total. The summed E-state index contributed by atoms with van der Waals surface area (Å²) in [5, 5.41) is 13.7. The van der Waals surface area contributed by atoms with Crippen LogP contribution in [-0.2, 0) is 6.61 Å². The summed E-state index contributed by atoms with van der Waals surface area (Å²) in [5.74, 6) is -0.589. The molecule has 1 aromatic heterocycles. The molecule has 3 nitrogen and oxygen atoms in total. The topological polar surface area (TPSA) is 48.9 Å². The van der Waals surface area contributed by atoms with Gasteiger partial charge in [0.2, 0.25) is 5.95 Å². The fourth-order valence-corrected chi connectivity index (χ4v) is 0.415. The highest BCUT2D eigenvalue weighted by molar-refractivity contribution is 4.96. The Labute approximate surface area is 45.2 Å². The van der Waals surface area contributed by atoms with Gasteiger partial charge >= 0.3 is 0 Å². The van der Waals surface area contributed by atoms with E-state index in [4.69, 9.17) is 5.11 Å². The minimum atomic E-state index is -0.589. The van der Waals surface area contributed by atoms with Crippen molar-refractivity contribution in [3.63, 3.8) is 0 Å². The van der Waals surface area contributed by atoms with Crippen LogP contribution in [0.4, 0.5) is 4.39 Å². The summed E-state index contributed by atoms with van der Waals surface area (Å²) in [5.41, 5.74) is 0.391. The molecule has 0 aliphatic carbocycles. The van der Waals surface area contributed by atoms with Crippen molar-refractivity contribution in [3.05, 3.63) is 17.7 Å². The number of halogens is 1. The van der Waals surface area contributed by atoms with E-state index in [1.165, 1.54) is 0 Å². The summed E-state index contributed by atoms with van der Waals surface area (Å²) in [7, 11) is 0. The van der Waals surface area contributed by atoms with E-state index in [-0.39, 0.29) is 6.61 Å². The SMILES string of the molecule is OCc1cc(F)n[nH]1. The van der Waals surface area contributed by atoms with Gasteiger partial charge in [0.05, 0.1) is 12.3 Å². The molecule has 0 aromatic carbocycles. The van der Waals surface area contributed by atoms with Gasteiger partial charge in [-0.2, -0.15) is 4.39 Å². The number of nitrogens with zero attached hydrogens (tertiary/aromatic N) is 1. The predicted octanol–water partition coefficient (Wildman–Crippen LogP) is 0.0411. The lowest BCUT2D eigenvalue weighted by Crippen LogP contribution is -1.79. The van der Waals surface area contributed by atoms with Crippen LogP contribution in [0.5, 0.6) is 0 Å². The van der Waals surface area contributed by atoms with Crippen LogP contribution < -0.4 is 0 Å². The maximum atomic E-state index is 11.9. The van der Waals surface area contributed by atoms with Gasteiger partial charge in [-0.25, -0.2) is 0 Å². The summed E-state index contributed by atoms with van der Waals surface area (Å²) >= 11 is 0. The molecule has 1 rings (SSSR count). The van der Waals surface area contributed by atoms with Crippen LogP contribution in [-0.4, -0.2) is 15.3 Å². The Morgan fingerprint density at radius 1 is 1.88 bits per heavy atom. The Balaban J connectivity index is 2.84. The molecule has 0 fully saturated rings. The van der Waals surface area contributed by atoms with E-state index < -0.39 is 5.95 Å². The van der Waals surface area contributed by atoms with Gasteiger partial charge in [0.15, 0.2) is 0 Å². The maximum absolute atomic E-state index is 11.9. The number of rotatable bonds is 1. The van der Waals surface area contributed by atoms with Crippen molar-refractivity contribution >= 4 is 0 Å². The second-order valence-corrected chi connectivity index (χ2v) is 1.37. The number of aromatic amines is 1. The van der Waals surface area contributed by atoms with Gasteiger partial charge < -0.3 is 5.11 Å². The molecule has 0 aliphatic heterocycles. The molecule has 0 saturated carbocycles. The molecule has 0 spiro atoms. The lowest BCUT2D eigenvalue weighted by Gasteiger charge is -1.79. The fourth-order valence-electron chi connectivity index (χ4n) is 0.415. The average molecular weight is 116 g/mol. The summed E-state index contributed by atoms with van der Waals surface area (Å²) in [4.78, 5) is 0. The van der Waals surface area contributed by atoms with Crippen molar-refractivity contribution < 1.29 is 9.50 Å². The summed E-state index contributed by atoms with van der Waals surface area (Å²) in [6, 6.07) is 1.14. The zero-order valence-corrected chi connectivity index (χ0v) is 4.06. The number of aliphatic hydroxyl groups is 1. The Morgan fingerprint density at radius 3 is 2.88 bits per heavy atom. The van der Waals surface area contributed by atoms with E-state index in [2.05, 4.69) is 10.2 Å². The number of aromatic nitrogens is 2. The second kappa shape index (κ2) is 1.92. The van der Waals surface area contributed by atoms with Crippen LogP contribution in [0.2, 0.25) is 0 Å². The summed E-state index contributed by atoms with van der Waals surface area (Å²) in [6.07, 6.45) is 0. The number of aliphatic hydroxyl groups excluding tert-OH is 1. The molecular formula is C4H5FN2O. The molecule has 0 amide bonds. The quantitative estimate of drug-likeness (QED) is 0.544. The first kappa shape index (κ1) is 5.24. The van der Waals surface area contributed by atoms with Gasteiger partial charge in [-0.3, -0.25) is 5.10 Å². The molecule has 0 saturated heterocycles. The van der Waals surface area contributed by atoms with E-state index >= 15 is 0 Å². The van der Waals surface area contributed by atoms with Crippen molar-refractivity contribution in [2.24, 2.45) is 0 Å². The zero-order chi connectivity index (χ0) is 5.98. The Kier molecular flexibility index (Phi) is 1.26. The monoisotopic (exact) mass is 116 g/mol. The van der Waals surface area contributed by atoms with Gasteiger partial charge in [0.1, 0.15) is 0 Å². The normalized spacial score (nSPS) is 9.75. The molecule has 8 heavy (non-hydrogen) atoms. The third kappa shape index (κ3) is 0.840. The van der Waals surface area contributed by atoms with Gasteiger partial charge in [-0.05, 0) is 0 Å². The Morgan fingerprint density at radius 2 is 2.62 bits per heavy atom. The number of nitrogens with one attached hydrogen (secondary N) is 1. The third-order valence-electron chi connectivity index (χ3n) is 0.770. The number of H-pyrrole nitrogens is 1. The first-order valence-corrected chi connectivity index (χ1v) is 2.13. The van der Waals surface area contributed by atoms with Gasteiger partial charge in [-0.1, -0.05) is 0 Å². The van der Waals surface area contributed by atoms with Gasteiger partial charge in [0.25, 0.3) is 0 Å². The van der Waals surface area contributed by atoms with Crippen molar-refractivity contribution in [2.45, 2.75) is 6.61 Å². The van der Waals surface area contributed by atoms with Crippen LogP contribution in [0.15, 0.2) is 6.07 Å². The fraction of sp³-hybridized carbons (Fsp3) is 0.250. The predicted molar refractivity (Wildman–Crippen MR) is 24.5 cm³/mol. The molecule has 0 atom stereocenters. The van der Waals surface area contributed by atoms with Crippen molar-refractivity contribution in [1.82, 2.24) is 10.2 Å². The zero-order valence-electron chi connectivity index (χ0n) is 4.06. The van der Waals surface area contributed by atoms with Crippen LogP contribution in [0.25, 0.3) is 0 Å². The molecule has 4 heteroatoms. The van der Waals surface area contributed by atoms with Crippen LogP contribution in [0, 0.1) is 5.95 Å². The molecular weight excluding hydrogens is 111 g/mol. The van der Waals surface area contributed by atoms with Crippen molar-refractivity contribution in [1.29, 1.82) is 0 Å². The highest BCUT2D eigenvalue weighted by atomic mass is 19.1. The molecule has 0 radical (unpaired) electrons. The van der Waals surface area contributed by atoms with E-state index in [1.807, 2.05) is 0 Å². The first-order valence-electron chi connectivity index (χ1n) is 2.13. The largest absolute Gasteiger partial charge is 0.390 e. The highest BCUT2D eigenvalue weighted by Crippen LogP contribution is 1.94. The van der Waals surface area contributed by atoms with Gasteiger partial charge in [-0.15, -0.1) is 5.10 Å². The minimum Gasteiger partial charge on any atom is -0.390 e. The Bertz CT molecular complexity index is 174. The smallest absolute Gasteiger partial charge is 0.232 e. The molecule has 0 unspecified atom stereocenters. The second-order valence-electron chi connectivity index (χ2n) is 1.37. The van der Waals surface area contributed by atoms with E-state index in [0.29, 0.717) is 5.69 Å². The molecule has 1 heterocycles. The van der Waals surface area contributed by atoms with Crippen molar-refractivity contribution in [2.75, 3.05) is 0 Å². The average Bonchev–Trinajstić information content (AvgIpc) is 2.14. The van der Waals surface area contributed by atoms with E-state index in [9.17, 15) is 4.39 Å². The highest BCUT2D eigenvalue weighted by Gasteiger charge is 1.94. The minimum absolute atomic E-state index is 0.198. The van der Waals surface area contributed by atoms with Crippen LogP contribution >= 0.6 is 0 Å². The number of hydrogen-bond acceptors (Lipinski definition) is 2. The van der Waals surface area contributed by atoms with E-state index in [0.717, 1.165) is 6.07 Å². The molecule has 44 valence electrons. The lowest BCUT2D eigenvalue weighted by atomic mass is 10.5. The molecule has 0 aliphatic rings. The molecule has 0 bridgehead atoms. The molecule has 1 aromatic rings. The lowest BCUT2D eigenvalue weighted by molar-refractivity contribution is 0.276. The Hall–Kier alpha value is -0.900. The summed E-state index contributed by atoms with van der Waals surface area (Å²) in [6.45, 7) is -0.198. The van der Waals surface area contributed by atoms with Crippen LogP contribution in [0.3, 0.4) is 0 Å². The van der Waals surface area contributed by atoms with Crippen LogP contribution in [0.1, 0.15) is 5.69 Å². The van der Waals surface area contributed by atoms with Gasteiger partial charge in [0, 0.05) is 6.07 Å². The first-order chi connectivity index (χ1) is 3.83. The maximum Gasteiger partial charge on any atom is 0.232 e. The summed E-state index contributed by atoms with van der Waals surface area (Å²) < 4.78 is 11.9. The standard InChI is InChI=1S/C4H5FN2O/c5-4-1-3(2-8)6-7-4/h1,8H,2H2,(H,6,7). The third-order valence-corrected chi connectivity index (χ3v) is 0.770. The van der Waals surface area contributed by atoms with E-state index in [1.54, 1.807) is 0 Å². The number of hydrogen-bond donors (Lipinski definition) is 2.